The maximum Gasteiger partial charge on any atom is 0.226 e. The van der Waals surface area contributed by atoms with Crippen LogP contribution in [0.5, 0.6) is 0 Å². The van der Waals surface area contributed by atoms with E-state index in [1.165, 1.54) is 12.1 Å². The number of piperidine rings is 1. The molecule has 1 saturated heterocycles. The minimum atomic E-state index is -0.261. The van der Waals surface area contributed by atoms with E-state index < -0.39 is 0 Å². The van der Waals surface area contributed by atoms with E-state index in [1.807, 2.05) is 4.90 Å². The van der Waals surface area contributed by atoms with Crippen LogP contribution in [0.3, 0.4) is 0 Å². The maximum absolute atomic E-state index is 12.8. The average Bonchev–Trinajstić information content (AvgIpc) is 2.42. The number of likely N-dealkylation sites (tertiary alicyclic amines) is 1. The summed E-state index contributed by atoms with van der Waals surface area (Å²) in [4.78, 5) is 14.0. The molecule has 2 rings (SSSR count). The Kier molecular flexibility index (Phi) is 4.91. The second kappa shape index (κ2) is 6.66. The first kappa shape index (κ1) is 14.0. The van der Waals surface area contributed by atoms with Crippen LogP contribution in [-0.4, -0.2) is 36.5 Å². The first-order chi connectivity index (χ1) is 9.19. The van der Waals surface area contributed by atoms with Crippen LogP contribution >= 0.6 is 0 Å². The van der Waals surface area contributed by atoms with E-state index in [1.54, 1.807) is 12.1 Å². The number of hydrogen-bond acceptors (Lipinski definition) is 2. The highest BCUT2D eigenvalue weighted by molar-refractivity contribution is 5.78. The fourth-order valence-electron chi connectivity index (χ4n) is 2.51. The molecule has 0 unspecified atom stereocenters. The lowest BCUT2D eigenvalue weighted by Crippen LogP contribution is -2.45. The number of amides is 1. The topological polar surface area (TPSA) is 32.3 Å². The van der Waals surface area contributed by atoms with Gasteiger partial charge in [-0.1, -0.05) is 19.1 Å². The van der Waals surface area contributed by atoms with Gasteiger partial charge in [-0.3, -0.25) is 4.79 Å². The summed E-state index contributed by atoms with van der Waals surface area (Å²) in [5.74, 6) is -0.121. The molecule has 0 bridgehead atoms. The second-order valence-corrected chi connectivity index (χ2v) is 5.02. The van der Waals surface area contributed by atoms with Crippen molar-refractivity contribution in [3.63, 3.8) is 0 Å². The Morgan fingerprint density at radius 2 is 1.95 bits per heavy atom. The molecule has 1 N–H and O–H groups in total. The molecular formula is C15H21FN2O. The Balaban J connectivity index is 1.83. The summed E-state index contributed by atoms with van der Waals surface area (Å²) in [7, 11) is 0. The second-order valence-electron chi connectivity index (χ2n) is 5.02. The average molecular weight is 264 g/mol. The Hall–Kier alpha value is -1.42. The van der Waals surface area contributed by atoms with Crippen molar-refractivity contribution >= 4 is 5.91 Å². The van der Waals surface area contributed by atoms with Crippen LogP contribution in [0.25, 0.3) is 0 Å². The van der Waals surface area contributed by atoms with Crippen molar-refractivity contribution in [3.8, 4) is 0 Å². The van der Waals surface area contributed by atoms with Gasteiger partial charge in [0.05, 0.1) is 6.42 Å². The molecule has 3 nitrogen and oxygen atoms in total. The molecule has 19 heavy (non-hydrogen) atoms. The molecule has 0 saturated carbocycles. The predicted octanol–water partition coefficient (Wildman–Crippen LogP) is 1.97. The molecule has 1 heterocycles. The number of nitrogens with one attached hydrogen (secondary N) is 1. The molecule has 4 heteroatoms. The van der Waals surface area contributed by atoms with Gasteiger partial charge >= 0.3 is 0 Å². The third-order valence-corrected chi connectivity index (χ3v) is 3.61. The van der Waals surface area contributed by atoms with Crippen molar-refractivity contribution in [1.82, 2.24) is 10.2 Å². The number of carbonyl (C=O) groups excluding carboxylic acids is 1. The predicted molar refractivity (Wildman–Crippen MR) is 73.4 cm³/mol. The van der Waals surface area contributed by atoms with Crippen LogP contribution < -0.4 is 5.32 Å². The van der Waals surface area contributed by atoms with Gasteiger partial charge in [0.1, 0.15) is 5.82 Å². The van der Waals surface area contributed by atoms with Gasteiger partial charge in [0.2, 0.25) is 5.91 Å². The van der Waals surface area contributed by atoms with Crippen molar-refractivity contribution < 1.29 is 9.18 Å². The van der Waals surface area contributed by atoms with Crippen LogP contribution in [0.2, 0.25) is 0 Å². The molecule has 0 atom stereocenters. The minimum absolute atomic E-state index is 0.140. The van der Waals surface area contributed by atoms with E-state index in [-0.39, 0.29) is 11.7 Å². The van der Waals surface area contributed by atoms with Gasteiger partial charge in [-0.2, -0.15) is 0 Å². The van der Waals surface area contributed by atoms with E-state index in [9.17, 15) is 9.18 Å². The number of benzene rings is 1. The summed E-state index contributed by atoms with van der Waals surface area (Å²) in [6, 6.07) is 6.71. The molecule has 1 aromatic carbocycles. The summed E-state index contributed by atoms with van der Waals surface area (Å²) in [6.45, 7) is 4.72. The van der Waals surface area contributed by atoms with Crippen LogP contribution in [-0.2, 0) is 11.2 Å². The standard InChI is InChI=1S/C15H21FN2O/c1-2-17-14-7-9-18(10-8-14)15(19)11-12-3-5-13(16)6-4-12/h3-6,14,17H,2,7-11H2,1H3. The van der Waals surface area contributed by atoms with Gasteiger partial charge in [0.15, 0.2) is 0 Å². The Labute approximate surface area is 113 Å². The lowest BCUT2D eigenvalue weighted by Gasteiger charge is -2.32. The van der Waals surface area contributed by atoms with Gasteiger partial charge in [-0.15, -0.1) is 0 Å². The van der Waals surface area contributed by atoms with Crippen LogP contribution in [0.4, 0.5) is 4.39 Å². The highest BCUT2D eigenvalue weighted by Crippen LogP contribution is 2.12. The Morgan fingerprint density at radius 3 is 2.53 bits per heavy atom. The van der Waals surface area contributed by atoms with E-state index >= 15 is 0 Å². The van der Waals surface area contributed by atoms with Crippen molar-refractivity contribution in [1.29, 1.82) is 0 Å². The number of nitrogens with zero attached hydrogens (tertiary/aromatic N) is 1. The molecule has 1 amide bonds. The molecule has 0 radical (unpaired) electrons. The highest BCUT2D eigenvalue weighted by Gasteiger charge is 2.21. The number of carbonyl (C=O) groups is 1. The van der Waals surface area contributed by atoms with E-state index in [0.717, 1.165) is 38.0 Å². The van der Waals surface area contributed by atoms with Gasteiger partial charge < -0.3 is 10.2 Å². The first-order valence-electron chi connectivity index (χ1n) is 6.94. The van der Waals surface area contributed by atoms with Gasteiger partial charge in [0, 0.05) is 19.1 Å². The maximum atomic E-state index is 12.8. The van der Waals surface area contributed by atoms with Crippen molar-refractivity contribution in [2.75, 3.05) is 19.6 Å². The van der Waals surface area contributed by atoms with Crippen molar-refractivity contribution in [3.05, 3.63) is 35.6 Å². The van der Waals surface area contributed by atoms with Crippen molar-refractivity contribution in [2.24, 2.45) is 0 Å². The highest BCUT2D eigenvalue weighted by atomic mass is 19.1. The number of halogens is 1. The van der Waals surface area contributed by atoms with E-state index in [2.05, 4.69) is 12.2 Å². The quantitative estimate of drug-likeness (QED) is 0.901. The lowest BCUT2D eigenvalue weighted by molar-refractivity contribution is -0.131. The summed E-state index contributed by atoms with van der Waals surface area (Å²) in [5, 5.41) is 3.42. The first-order valence-corrected chi connectivity index (χ1v) is 6.94. The molecule has 1 aliphatic rings. The third kappa shape index (κ3) is 4.03. The largest absolute Gasteiger partial charge is 0.342 e. The zero-order valence-corrected chi connectivity index (χ0v) is 11.4. The molecule has 1 aliphatic heterocycles. The zero-order valence-electron chi connectivity index (χ0n) is 11.4. The van der Waals surface area contributed by atoms with Gasteiger partial charge in [-0.05, 0) is 37.1 Å². The van der Waals surface area contributed by atoms with Gasteiger partial charge in [-0.25, -0.2) is 4.39 Å². The fourth-order valence-corrected chi connectivity index (χ4v) is 2.51. The Morgan fingerprint density at radius 1 is 1.32 bits per heavy atom. The third-order valence-electron chi connectivity index (χ3n) is 3.61. The molecule has 0 aliphatic carbocycles. The molecule has 104 valence electrons. The molecule has 0 aromatic heterocycles. The van der Waals surface area contributed by atoms with Gasteiger partial charge in [0.25, 0.3) is 0 Å². The molecule has 1 fully saturated rings. The Bertz CT molecular complexity index is 411. The lowest BCUT2D eigenvalue weighted by atomic mass is 10.0. The molecular weight excluding hydrogens is 243 g/mol. The summed E-state index contributed by atoms with van der Waals surface area (Å²) in [5.41, 5.74) is 0.875. The normalized spacial score (nSPS) is 16.6. The van der Waals surface area contributed by atoms with Crippen LogP contribution in [0, 0.1) is 5.82 Å². The minimum Gasteiger partial charge on any atom is -0.342 e. The summed E-state index contributed by atoms with van der Waals surface area (Å²) in [6.07, 6.45) is 2.40. The SMILES string of the molecule is CCNC1CCN(C(=O)Cc2ccc(F)cc2)CC1. The number of hydrogen-bond donors (Lipinski definition) is 1. The monoisotopic (exact) mass is 264 g/mol. The zero-order chi connectivity index (χ0) is 13.7. The fraction of sp³-hybridized carbons (Fsp3) is 0.533. The smallest absolute Gasteiger partial charge is 0.226 e. The summed E-state index contributed by atoms with van der Waals surface area (Å²) < 4.78 is 12.8. The molecule has 1 aromatic rings. The van der Waals surface area contributed by atoms with E-state index in [4.69, 9.17) is 0 Å². The summed E-state index contributed by atoms with van der Waals surface area (Å²) >= 11 is 0. The van der Waals surface area contributed by atoms with E-state index in [0.29, 0.717) is 12.5 Å². The molecule has 0 spiro atoms. The van der Waals surface area contributed by atoms with Crippen LogP contribution in [0.1, 0.15) is 25.3 Å². The van der Waals surface area contributed by atoms with Crippen molar-refractivity contribution in [2.45, 2.75) is 32.2 Å². The number of rotatable bonds is 4. The van der Waals surface area contributed by atoms with Crippen LogP contribution in [0.15, 0.2) is 24.3 Å².